The number of hydrogen-bond donors (Lipinski definition) is 1. The molecule has 4 rings (SSSR count). The number of aromatic nitrogens is 7. The molecule has 1 amide bonds. The highest BCUT2D eigenvalue weighted by molar-refractivity contribution is 5.88. The molecule has 0 bridgehead atoms. The second-order valence-electron chi connectivity index (χ2n) is 6.69. The van der Waals surface area contributed by atoms with Crippen molar-refractivity contribution in [3.63, 3.8) is 0 Å². The van der Waals surface area contributed by atoms with Crippen molar-refractivity contribution < 1.29 is 9.32 Å². The Kier molecular flexibility index (Phi) is 4.67. The standard InChI is InChI=1S/C16H21N9O2/c1-23-12(9-25-7-3-5-18-25)20-21-16(23)11-4-2-6-24(8-11)10-13-19-15(14(17)26)22-27-13/h3,5,7,11H,2,4,6,8-10H2,1H3,(H2,17,26)/t11-/m0/s1. The first-order valence-corrected chi connectivity index (χ1v) is 8.80. The van der Waals surface area contributed by atoms with Crippen molar-refractivity contribution in [2.75, 3.05) is 13.1 Å². The van der Waals surface area contributed by atoms with Crippen LogP contribution in [0.5, 0.6) is 0 Å². The number of carbonyl (C=O) groups excluding carboxylic acids is 1. The molecule has 1 fully saturated rings. The summed E-state index contributed by atoms with van der Waals surface area (Å²) in [6, 6.07) is 1.89. The Labute approximate surface area is 155 Å². The fourth-order valence-corrected chi connectivity index (χ4v) is 3.43. The molecule has 1 atom stereocenters. The number of rotatable bonds is 6. The quantitative estimate of drug-likeness (QED) is 0.636. The molecule has 3 aromatic rings. The van der Waals surface area contributed by atoms with Crippen molar-refractivity contribution >= 4 is 5.91 Å². The van der Waals surface area contributed by atoms with E-state index in [0.29, 0.717) is 19.0 Å². The molecule has 4 heterocycles. The van der Waals surface area contributed by atoms with Crippen LogP contribution in [-0.2, 0) is 20.1 Å². The Morgan fingerprint density at radius 3 is 3.00 bits per heavy atom. The zero-order valence-corrected chi connectivity index (χ0v) is 15.0. The molecule has 0 aliphatic carbocycles. The molecule has 0 saturated carbocycles. The van der Waals surface area contributed by atoms with Gasteiger partial charge in [0.1, 0.15) is 12.4 Å². The van der Waals surface area contributed by atoms with Crippen LogP contribution in [-0.4, -0.2) is 58.6 Å². The number of primary amides is 1. The molecule has 11 heteroatoms. The predicted octanol–water partition coefficient (Wildman–Crippen LogP) is -0.0786. The Morgan fingerprint density at radius 2 is 2.26 bits per heavy atom. The van der Waals surface area contributed by atoms with Gasteiger partial charge in [-0.25, -0.2) is 0 Å². The van der Waals surface area contributed by atoms with Crippen LogP contribution in [0, 0.1) is 0 Å². The summed E-state index contributed by atoms with van der Waals surface area (Å²) in [6.07, 6.45) is 5.72. The van der Waals surface area contributed by atoms with Gasteiger partial charge in [0.2, 0.25) is 5.89 Å². The molecule has 0 unspecified atom stereocenters. The van der Waals surface area contributed by atoms with Crippen LogP contribution >= 0.6 is 0 Å². The van der Waals surface area contributed by atoms with Crippen LogP contribution < -0.4 is 5.73 Å². The summed E-state index contributed by atoms with van der Waals surface area (Å²) in [5.41, 5.74) is 5.16. The molecule has 27 heavy (non-hydrogen) atoms. The SMILES string of the molecule is Cn1c(Cn2cccn2)nnc1[C@H]1CCCN(Cc2nc(C(N)=O)no2)C1. The fourth-order valence-electron chi connectivity index (χ4n) is 3.43. The van der Waals surface area contributed by atoms with Gasteiger partial charge in [-0.1, -0.05) is 5.16 Å². The van der Waals surface area contributed by atoms with Crippen LogP contribution in [0.3, 0.4) is 0 Å². The summed E-state index contributed by atoms with van der Waals surface area (Å²) in [7, 11) is 1.99. The van der Waals surface area contributed by atoms with Crippen molar-refractivity contribution in [2.45, 2.75) is 31.8 Å². The molecular weight excluding hydrogens is 350 g/mol. The van der Waals surface area contributed by atoms with Crippen molar-refractivity contribution in [3.05, 3.63) is 41.8 Å². The maximum absolute atomic E-state index is 11.1. The average Bonchev–Trinajstić information content (AvgIpc) is 3.39. The molecular formula is C16H21N9O2. The first kappa shape index (κ1) is 17.3. The molecule has 2 N–H and O–H groups in total. The molecule has 0 spiro atoms. The number of nitrogens with two attached hydrogens (primary N) is 1. The minimum Gasteiger partial charge on any atom is -0.363 e. The third-order valence-electron chi connectivity index (χ3n) is 4.78. The molecule has 1 aliphatic rings. The topological polar surface area (TPSA) is 134 Å². The van der Waals surface area contributed by atoms with E-state index < -0.39 is 5.91 Å². The van der Waals surface area contributed by atoms with Gasteiger partial charge in [-0.3, -0.25) is 14.4 Å². The summed E-state index contributed by atoms with van der Waals surface area (Å²) in [4.78, 5) is 17.3. The summed E-state index contributed by atoms with van der Waals surface area (Å²) in [6.45, 7) is 2.80. The van der Waals surface area contributed by atoms with Gasteiger partial charge in [0.05, 0.1) is 6.54 Å². The Hall–Kier alpha value is -3.08. The fraction of sp³-hybridized carbons (Fsp3) is 0.500. The zero-order valence-electron chi connectivity index (χ0n) is 15.0. The smallest absolute Gasteiger partial charge is 0.290 e. The lowest BCUT2D eigenvalue weighted by Gasteiger charge is -2.31. The molecule has 142 valence electrons. The average molecular weight is 371 g/mol. The monoisotopic (exact) mass is 371 g/mol. The number of carbonyl (C=O) groups is 1. The van der Waals surface area contributed by atoms with E-state index in [4.69, 9.17) is 10.3 Å². The van der Waals surface area contributed by atoms with Crippen LogP contribution in [0.15, 0.2) is 23.0 Å². The van der Waals surface area contributed by atoms with E-state index in [2.05, 4.69) is 30.3 Å². The highest BCUT2D eigenvalue weighted by Crippen LogP contribution is 2.26. The second kappa shape index (κ2) is 7.27. The lowest BCUT2D eigenvalue weighted by Crippen LogP contribution is -2.35. The van der Waals surface area contributed by atoms with Gasteiger partial charge in [-0.2, -0.15) is 10.1 Å². The molecule has 11 nitrogen and oxygen atoms in total. The van der Waals surface area contributed by atoms with E-state index in [1.165, 1.54) is 0 Å². The van der Waals surface area contributed by atoms with Gasteiger partial charge in [-0.05, 0) is 25.5 Å². The van der Waals surface area contributed by atoms with E-state index >= 15 is 0 Å². The van der Waals surface area contributed by atoms with E-state index in [1.54, 1.807) is 6.20 Å². The highest BCUT2D eigenvalue weighted by Gasteiger charge is 2.27. The van der Waals surface area contributed by atoms with Crippen LogP contribution in [0.4, 0.5) is 0 Å². The first-order valence-electron chi connectivity index (χ1n) is 8.80. The van der Waals surface area contributed by atoms with E-state index in [1.807, 2.05) is 28.6 Å². The summed E-state index contributed by atoms with van der Waals surface area (Å²) >= 11 is 0. The number of nitrogens with zero attached hydrogens (tertiary/aromatic N) is 8. The van der Waals surface area contributed by atoms with E-state index in [9.17, 15) is 4.79 Å². The number of likely N-dealkylation sites (tertiary alicyclic amines) is 1. The minimum absolute atomic E-state index is 0.0878. The third-order valence-corrected chi connectivity index (χ3v) is 4.78. The van der Waals surface area contributed by atoms with Crippen molar-refractivity contribution in [2.24, 2.45) is 12.8 Å². The summed E-state index contributed by atoms with van der Waals surface area (Å²) in [5, 5.41) is 16.6. The molecule has 0 radical (unpaired) electrons. The highest BCUT2D eigenvalue weighted by atomic mass is 16.5. The number of hydrogen-bond acceptors (Lipinski definition) is 8. The van der Waals surface area contributed by atoms with Gasteiger partial charge in [-0.15, -0.1) is 10.2 Å². The summed E-state index contributed by atoms with van der Waals surface area (Å²) in [5.74, 6) is 1.71. The Morgan fingerprint density at radius 1 is 1.37 bits per heavy atom. The predicted molar refractivity (Wildman–Crippen MR) is 92.4 cm³/mol. The lowest BCUT2D eigenvalue weighted by atomic mass is 9.97. The zero-order chi connectivity index (χ0) is 18.8. The second-order valence-corrected chi connectivity index (χ2v) is 6.69. The Bertz CT molecular complexity index is 914. The van der Waals surface area contributed by atoms with Crippen molar-refractivity contribution in [3.8, 4) is 0 Å². The van der Waals surface area contributed by atoms with Gasteiger partial charge in [0, 0.05) is 31.9 Å². The van der Waals surface area contributed by atoms with Crippen LogP contribution in [0.25, 0.3) is 0 Å². The molecule has 1 aliphatic heterocycles. The summed E-state index contributed by atoms with van der Waals surface area (Å²) < 4.78 is 8.99. The molecule has 1 saturated heterocycles. The van der Waals surface area contributed by atoms with Crippen molar-refractivity contribution in [1.29, 1.82) is 0 Å². The Balaban J connectivity index is 1.43. The minimum atomic E-state index is -0.690. The van der Waals surface area contributed by atoms with Gasteiger partial charge < -0.3 is 14.8 Å². The largest absolute Gasteiger partial charge is 0.363 e. The lowest BCUT2D eigenvalue weighted by molar-refractivity contribution is 0.0987. The molecule has 3 aromatic heterocycles. The van der Waals surface area contributed by atoms with Gasteiger partial charge >= 0.3 is 0 Å². The maximum Gasteiger partial charge on any atom is 0.290 e. The third kappa shape index (κ3) is 3.72. The maximum atomic E-state index is 11.1. The molecule has 0 aromatic carbocycles. The van der Waals surface area contributed by atoms with Crippen LogP contribution in [0.2, 0.25) is 0 Å². The number of amides is 1. The first-order chi connectivity index (χ1) is 13.1. The number of piperidine rings is 1. The normalized spacial score (nSPS) is 18.0. The van der Waals surface area contributed by atoms with Crippen molar-refractivity contribution in [1.82, 2.24) is 39.6 Å². The van der Waals surface area contributed by atoms with Gasteiger partial charge in [0.25, 0.3) is 11.7 Å². The van der Waals surface area contributed by atoms with Crippen LogP contribution in [0.1, 0.15) is 46.9 Å². The van der Waals surface area contributed by atoms with E-state index in [-0.39, 0.29) is 11.7 Å². The van der Waals surface area contributed by atoms with E-state index in [0.717, 1.165) is 37.6 Å². The van der Waals surface area contributed by atoms with Gasteiger partial charge in [0.15, 0.2) is 5.82 Å².